The third kappa shape index (κ3) is 2.42. The van der Waals surface area contributed by atoms with E-state index in [-0.39, 0.29) is 11.8 Å². The van der Waals surface area contributed by atoms with Crippen LogP contribution in [0, 0.1) is 11.9 Å². The van der Waals surface area contributed by atoms with E-state index in [1.54, 1.807) is 4.90 Å². The van der Waals surface area contributed by atoms with Crippen LogP contribution in [-0.4, -0.2) is 39.6 Å². The first-order valence-electron chi connectivity index (χ1n) is 7.22. The number of aliphatic hydroxyl groups is 1. The maximum Gasteiger partial charge on any atom is 0.254 e. The molecule has 0 bridgehead atoms. The normalized spacial score (nSPS) is 29.9. The van der Waals surface area contributed by atoms with Crippen LogP contribution >= 0.6 is 0 Å². The summed E-state index contributed by atoms with van der Waals surface area (Å²) in [6, 6.07) is 2.71. The zero-order chi connectivity index (χ0) is 14.2. The summed E-state index contributed by atoms with van der Waals surface area (Å²) in [6.07, 6.45) is 5.91. The topological polar surface area (TPSA) is 53.4 Å². The van der Waals surface area contributed by atoms with Crippen molar-refractivity contribution in [3.05, 3.63) is 29.8 Å². The van der Waals surface area contributed by atoms with Gasteiger partial charge in [0.05, 0.1) is 5.60 Å². The van der Waals surface area contributed by atoms with E-state index in [1.807, 2.05) is 0 Å². The van der Waals surface area contributed by atoms with Crippen LogP contribution in [0.25, 0.3) is 0 Å². The lowest BCUT2D eigenvalue weighted by atomic mass is 9.71. The molecule has 3 rings (SSSR count). The molecule has 1 saturated heterocycles. The van der Waals surface area contributed by atoms with Gasteiger partial charge in [-0.05, 0) is 25.3 Å². The fourth-order valence-electron chi connectivity index (χ4n) is 3.47. The minimum absolute atomic E-state index is 0.153. The van der Waals surface area contributed by atoms with E-state index in [9.17, 15) is 14.3 Å². The number of nitrogens with zero attached hydrogens (tertiary/aromatic N) is 2. The lowest BCUT2D eigenvalue weighted by Gasteiger charge is -2.47. The fourth-order valence-corrected chi connectivity index (χ4v) is 3.47. The summed E-state index contributed by atoms with van der Waals surface area (Å²) >= 11 is 0. The van der Waals surface area contributed by atoms with Crippen molar-refractivity contribution in [1.82, 2.24) is 9.88 Å². The Morgan fingerprint density at radius 1 is 1.45 bits per heavy atom. The zero-order valence-electron chi connectivity index (χ0n) is 11.4. The molecule has 1 aliphatic heterocycles. The van der Waals surface area contributed by atoms with E-state index in [4.69, 9.17) is 0 Å². The summed E-state index contributed by atoms with van der Waals surface area (Å²) in [4.78, 5) is 17.6. The van der Waals surface area contributed by atoms with Crippen molar-refractivity contribution in [3.8, 4) is 0 Å². The number of hydrogen-bond donors (Lipinski definition) is 1. The van der Waals surface area contributed by atoms with E-state index in [1.165, 1.54) is 18.3 Å². The average molecular weight is 278 g/mol. The highest BCUT2D eigenvalue weighted by molar-refractivity contribution is 5.94. The average Bonchev–Trinajstić information content (AvgIpc) is 2.45. The molecule has 2 unspecified atom stereocenters. The Morgan fingerprint density at radius 3 is 3.10 bits per heavy atom. The highest BCUT2D eigenvalue weighted by atomic mass is 19.1. The van der Waals surface area contributed by atoms with Crippen LogP contribution < -0.4 is 0 Å². The number of amides is 1. The van der Waals surface area contributed by atoms with E-state index in [2.05, 4.69) is 4.98 Å². The van der Waals surface area contributed by atoms with E-state index in [0.717, 1.165) is 25.7 Å². The van der Waals surface area contributed by atoms with Crippen molar-refractivity contribution >= 4 is 5.91 Å². The highest BCUT2D eigenvalue weighted by Crippen LogP contribution is 2.39. The molecule has 2 atom stereocenters. The molecule has 0 radical (unpaired) electrons. The number of carbonyl (C=O) groups excluding carboxylic acids is 1. The van der Waals surface area contributed by atoms with Crippen LogP contribution in [0.5, 0.6) is 0 Å². The van der Waals surface area contributed by atoms with Crippen molar-refractivity contribution in [2.75, 3.05) is 13.1 Å². The lowest BCUT2D eigenvalue weighted by Crippen LogP contribution is -2.54. The first-order chi connectivity index (χ1) is 9.58. The minimum Gasteiger partial charge on any atom is -0.389 e. The second-order valence-electron chi connectivity index (χ2n) is 5.91. The summed E-state index contributed by atoms with van der Waals surface area (Å²) in [6.45, 7) is 1.11. The number of hydrogen-bond acceptors (Lipinski definition) is 3. The number of aromatic nitrogens is 1. The molecule has 1 aliphatic carbocycles. The Kier molecular flexibility index (Phi) is 3.46. The third-order valence-electron chi connectivity index (χ3n) is 4.69. The Morgan fingerprint density at radius 2 is 2.30 bits per heavy atom. The summed E-state index contributed by atoms with van der Waals surface area (Å²) in [5.41, 5.74) is -0.267. The van der Waals surface area contributed by atoms with Gasteiger partial charge in [0.25, 0.3) is 5.91 Å². The molecule has 108 valence electrons. The van der Waals surface area contributed by atoms with E-state index in [0.29, 0.717) is 25.1 Å². The number of pyridine rings is 1. The number of halogens is 1. The van der Waals surface area contributed by atoms with Gasteiger partial charge in [-0.2, -0.15) is 4.39 Å². The predicted molar refractivity (Wildman–Crippen MR) is 71.6 cm³/mol. The summed E-state index contributed by atoms with van der Waals surface area (Å²) in [7, 11) is 0. The van der Waals surface area contributed by atoms with Crippen molar-refractivity contribution in [3.63, 3.8) is 0 Å². The number of piperidine rings is 1. The molecule has 0 spiro atoms. The Bertz CT molecular complexity index is 522. The van der Waals surface area contributed by atoms with Gasteiger partial charge in [-0.25, -0.2) is 4.98 Å². The summed E-state index contributed by atoms with van der Waals surface area (Å²) in [5, 5.41) is 10.6. The molecule has 2 aliphatic rings. The third-order valence-corrected chi connectivity index (χ3v) is 4.69. The Hall–Kier alpha value is -1.49. The number of carbonyl (C=O) groups is 1. The maximum absolute atomic E-state index is 13.1. The molecule has 0 aromatic carbocycles. The first kappa shape index (κ1) is 13.5. The molecular formula is C15H19FN2O2. The molecule has 1 aromatic rings. The Labute approximate surface area is 117 Å². The van der Waals surface area contributed by atoms with Gasteiger partial charge in [-0.3, -0.25) is 4.79 Å². The van der Waals surface area contributed by atoms with Gasteiger partial charge in [-0.1, -0.05) is 12.8 Å². The molecule has 4 nitrogen and oxygen atoms in total. The second-order valence-corrected chi connectivity index (χ2v) is 5.91. The van der Waals surface area contributed by atoms with Crippen molar-refractivity contribution in [2.45, 2.75) is 37.7 Å². The fraction of sp³-hybridized carbons (Fsp3) is 0.600. The molecule has 5 heteroatoms. The second kappa shape index (κ2) is 5.13. The van der Waals surface area contributed by atoms with Crippen LogP contribution in [0.1, 0.15) is 42.5 Å². The van der Waals surface area contributed by atoms with Gasteiger partial charge in [0.1, 0.15) is 0 Å². The van der Waals surface area contributed by atoms with E-state index >= 15 is 0 Å². The van der Waals surface area contributed by atoms with Crippen LogP contribution in [0.15, 0.2) is 18.3 Å². The van der Waals surface area contributed by atoms with Crippen molar-refractivity contribution in [1.29, 1.82) is 0 Å². The standard InChI is InChI=1S/C15H19FN2O2/c16-13-9-11(4-7-17-13)14(19)18-8-6-15(20)5-2-1-3-12(15)10-18/h4,7,9,12,20H,1-3,5-6,8,10H2. The summed E-state index contributed by atoms with van der Waals surface area (Å²) < 4.78 is 13.1. The lowest BCUT2D eigenvalue weighted by molar-refractivity contribution is -0.0886. The molecule has 2 fully saturated rings. The smallest absolute Gasteiger partial charge is 0.254 e. The number of fused-ring (bicyclic) bond motifs is 1. The molecule has 20 heavy (non-hydrogen) atoms. The summed E-state index contributed by atoms with van der Waals surface area (Å²) in [5.74, 6) is -0.651. The molecular weight excluding hydrogens is 259 g/mol. The van der Waals surface area contributed by atoms with Crippen molar-refractivity contribution in [2.24, 2.45) is 5.92 Å². The van der Waals surface area contributed by atoms with Crippen LogP contribution in [0.4, 0.5) is 4.39 Å². The van der Waals surface area contributed by atoms with Gasteiger partial charge in [-0.15, -0.1) is 0 Å². The molecule has 1 aromatic heterocycles. The molecule has 1 N–H and O–H groups in total. The van der Waals surface area contributed by atoms with Gasteiger partial charge in [0, 0.05) is 36.8 Å². The Balaban J connectivity index is 1.74. The number of likely N-dealkylation sites (tertiary alicyclic amines) is 1. The molecule has 1 saturated carbocycles. The predicted octanol–water partition coefficient (Wildman–Crippen LogP) is 1.99. The van der Waals surface area contributed by atoms with Crippen molar-refractivity contribution < 1.29 is 14.3 Å². The van der Waals surface area contributed by atoms with Gasteiger partial charge in [0.2, 0.25) is 5.95 Å². The van der Waals surface area contributed by atoms with Crippen LogP contribution in [0.3, 0.4) is 0 Å². The molecule has 2 heterocycles. The highest BCUT2D eigenvalue weighted by Gasteiger charge is 2.43. The number of rotatable bonds is 1. The van der Waals surface area contributed by atoms with E-state index < -0.39 is 11.5 Å². The maximum atomic E-state index is 13.1. The largest absolute Gasteiger partial charge is 0.389 e. The van der Waals surface area contributed by atoms with Gasteiger partial charge >= 0.3 is 0 Å². The molecule has 1 amide bonds. The van der Waals surface area contributed by atoms with Gasteiger partial charge in [0.15, 0.2) is 0 Å². The minimum atomic E-state index is -0.637. The van der Waals surface area contributed by atoms with Crippen LogP contribution in [0.2, 0.25) is 0 Å². The first-order valence-corrected chi connectivity index (χ1v) is 7.22. The SMILES string of the molecule is O=C(c1ccnc(F)c1)N1CCC2(O)CCCCC2C1. The quantitative estimate of drug-likeness (QED) is 0.799. The zero-order valence-corrected chi connectivity index (χ0v) is 11.4. The van der Waals surface area contributed by atoms with Crippen LogP contribution in [-0.2, 0) is 0 Å². The van der Waals surface area contributed by atoms with Gasteiger partial charge < -0.3 is 10.0 Å². The monoisotopic (exact) mass is 278 g/mol.